The van der Waals surface area contributed by atoms with E-state index in [1.807, 2.05) is 0 Å². The summed E-state index contributed by atoms with van der Waals surface area (Å²) < 4.78 is 0. The van der Waals surface area contributed by atoms with Crippen molar-refractivity contribution in [2.75, 3.05) is 0 Å². The number of hydrogen-bond acceptors (Lipinski definition) is 2. The molecule has 4 aliphatic carbocycles. The molecule has 0 saturated heterocycles. The molecular formula is C20H32O2. The Morgan fingerprint density at radius 1 is 1.09 bits per heavy atom. The molecule has 0 aromatic rings. The van der Waals surface area contributed by atoms with Crippen LogP contribution in [0.4, 0.5) is 0 Å². The molecule has 22 heavy (non-hydrogen) atoms. The van der Waals surface area contributed by atoms with Crippen LogP contribution in [0.15, 0.2) is 12.2 Å². The normalized spacial score (nSPS) is 56.4. The maximum absolute atomic E-state index is 11.0. The van der Waals surface area contributed by atoms with E-state index in [-0.39, 0.29) is 29.0 Å². The van der Waals surface area contributed by atoms with Crippen LogP contribution in [0, 0.1) is 34.0 Å². The van der Waals surface area contributed by atoms with Crippen LogP contribution < -0.4 is 0 Å². The first-order valence-electron chi connectivity index (χ1n) is 9.27. The predicted octanol–water partition coefficient (Wildman–Crippen LogP) is 3.92. The Labute approximate surface area is 135 Å². The number of hydrogen-bond donors (Lipinski definition) is 2. The molecule has 1 spiro atoms. The molecule has 0 aromatic heterocycles. The number of rotatable bonds is 0. The number of aliphatic hydroxyl groups excluding tert-OH is 2. The van der Waals surface area contributed by atoms with Gasteiger partial charge in [0.1, 0.15) is 0 Å². The molecule has 2 bridgehead atoms. The van der Waals surface area contributed by atoms with Crippen LogP contribution in [-0.2, 0) is 0 Å². The summed E-state index contributed by atoms with van der Waals surface area (Å²) in [5.74, 6) is 1.28. The molecule has 0 radical (unpaired) electrons. The van der Waals surface area contributed by atoms with Crippen molar-refractivity contribution in [3.8, 4) is 0 Å². The Hall–Kier alpha value is -0.340. The minimum Gasteiger partial charge on any atom is -0.393 e. The van der Waals surface area contributed by atoms with Crippen LogP contribution in [0.5, 0.6) is 0 Å². The molecule has 2 nitrogen and oxygen atoms in total. The fraction of sp³-hybridized carbons (Fsp3) is 0.900. The first-order chi connectivity index (χ1) is 10.2. The van der Waals surface area contributed by atoms with Crippen LogP contribution in [0.2, 0.25) is 0 Å². The predicted molar refractivity (Wildman–Crippen MR) is 88.3 cm³/mol. The van der Waals surface area contributed by atoms with Gasteiger partial charge in [-0.3, -0.25) is 0 Å². The van der Waals surface area contributed by atoms with Crippen LogP contribution in [0.3, 0.4) is 0 Å². The second-order valence-corrected chi connectivity index (χ2v) is 9.83. The van der Waals surface area contributed by atoms with E-state index in [1.54, 1.807) is 0 Å². The zero-order valence-electron chi connectivity index (χ0n) is 14.4. The minimum absolute atomic E-state index is 0.0852. The van der Waals surface area contributed by atoms with Gasteiger partial charge in [0.15, 0.2) is 0 Å². The molecule has 4 fully saturated rings. The third-order valence-corrected chi connectivity index (χ3v) is 8.46. The van der Waals surface area contributed by atoms with E-state index < -0.39 is 0 Å². The molecule has 0 aliphatic heterocycles. The summed E-state index contributed by atoms with van der Waals surface area (Å²) in [5, 5.41) is 22.0. The molecule has 0 amide bonds. The lowest BCUT2D eigenvalue weighted by molar-refractivity contribution is -0.203. The Bertz CT molecular complexity index is 510. The zero-order chi connectivity index (χ0) is 15.9. The molecule has 2 heteroatoms. The molecule has 2 N–H and O–H groups in total. The van der Waals surface area contributed by atoms with E-state index in [4.69, 9.17) is 0 Å². The van der Waals surface area contributed by atoms with Crippen molar-refractivity contribution in [1.82, 2.24) is 0 Å². The van der Waals surface area contributed by atoms with Gasteiger partial charge in [-0.2, -0.15) is 0 Å². The van der Waals surface area contributed by atoms with Crippen LogP contribution >= 0.6 is 0 Å². The van der Waals surface area contributed by atoms with E-state index in [0.717, 1.165) is 24.8 Å². The molecule has 4 saturated carbocycles. The summed E-state index contributed by atoms with van der Waals surface area (Å²) in [4.78, 5) is 0. The fourth-order valence-corrected chi connectivity index (χ4v) is 7.80. The van der Waals surface area contributed by atoms with Crippen molar-refractivity contribution in [2.45, 2.75) is 77.9 Å². The van der Waals surface area contributed by atoms with Gasteiger partial charge in [-0.25, -0.2) is 0 Å². The lowest BCUT2D eigenvalue weighted by Crippen LogP contribution is -2.61. The molecule has 124 valence electrons. The van der Waals surface area contributed by atoms with Gasteiger partial charge in [0.25, 0.3) is 0 Å². The first kappa shape index (κ1) is 15.2. The molecule has 4 aliphatic rings. The largest absolute Gasteiger partial charge is 0.393 e. The molecule has 0 heterocycles. The highest BCUT2D eigenvalue weighted by molar-refractivity contribution is 5.28. The standard InChI is InChI=1S/C20H32O2/c1-12-13-10-14(21)16-19(4)8-5-7-18(2,3)15(19)6-9-20(16,11-13)17(12)22/h13-17,21-22H,1,5-11H2,2-4H3/t13-,14-,15+,16+,17-,19-,20-/m1/s1. The van der Waals surface area contributed by atoms with Gasteiger partial charge in [-0.05, 0) is 72.7 Å². The lowest BCUT2D eigenvalue weighted by atomic mass is 9.40. The average molecular weight is 304 g/mol. The number of aliphatic hydroxyl groups is 2. The van der Waals surface area contributed by atoms with Gasteiger partial charge in [0.05, 0.1) is 12.2 Å². The maximum atomic E-state index is 11.0. The fourth-order valence-electron chi connectivity index (χ4n) is 7.80. The van der Waals surface area contributed by atoms with Gasteiger partial charge >= 0.3 is 0 Å². The van der Waals surface area contributed by atoms with E-state index >= 15 is 0 Å². The van der Waals surface area contributed by atoms with E-state index in [1.165, 1.54) is 25.7 Å². The molecule has 0 unspecified atom stereocenters. The summed E-state index contributed by atoms with van der Waals surface area (Å²) in [6.45, 7) is 11.5. The summed E-state index contributed by atoms with van der Waals surface area (Å²) in [6.07, 6.45) is 7.33. The minimum atomic E-state index is -0.387. The summed E-state index contributed by atoms with van der Waals surface area (Å²) in [5.41, 5.74) is 1.47. The van der Waals surface area contributed by atoms with Crippen LogP contribution in [-0.4, -0.2) is 22.4 Å². The van der Waals surface area contributed by atoms with Gasteiger partial charge in [0, 0.05) is 5.41 Å². The summed E-state index contributed by atoms with van der Waals surface area (Å²) in [7, 11) is 0. The maximum Gasteiger partial charge on any atom is 0.0810 e. The van der Waals surface area contributed by atoms with Gasteiger partial charge < -0.3 is 10.2 Å². The Morgan fingerprint density at radius 2 is 1.82 bits per heavy atom. The molecular weight excluding hydrogens is 272 g/mol. The van der Waals surface area contributed by atoms with Crippen LogP contribution in [0.1, 0.15) is 65.7 Å². The Morgan fingerprint density at radius 3 is 2.55 bits per heavy atom. The van der Waals surface area contributed by atoms with Crippen molar-refractivity contribution in [1.29, 1.82) is 0 Å². The Balaban J connectivity index is 1.82. The average Bonchev–Trinajstić information content (AvgIpc) is 2.59. The highest BCUT2D eigenvalue weighted by Crippen LogP contribution is 2.71. The van der Waals surface area contributed by atoms with Crippen molar-refractivity contribution < 1.29 is 10.2 Å². The molecule has 7 atom stereocenters. The topological polar surface area (TPSA) is 40.5 Å². The SMILES string of the molecule is C=C1[C@@H]2C[C@@H](O)[C@H]3[C@]4(C)CCCC(C)(C)[C@@H]4CC[C@]3(C2)[C@@H]1O. The van der Waals surface area contributed by atoms with Crippen molar-refractivity contribution in [3.05, 3.63) is 12.2 Å². The molecule has 0 aromatic carbocycles. The van der Waals surface area contributed by atoms with E-state index in [2.05, 4.69) is 27.4 Å². The number of fused-ring (bicyclic) bond motifs is 3. The van der Waals surface area contributed by atoms with Gasteiger partial charge in [0.2, 0.25) is 0 Å². The monoisotopic (exact) mass is 304 g/mol. The third-order valence-electron chi connectivity index (χ3n) is 8.46. The second kappa shape index (κ2) is 4.39. The smallest absolute Gasteiger partial charge is 0.0810 e. The Kier molecular flexibility index (Phi) is 3.03. The van der Waals surface area contributed by atoms with Gasteiger partial charge in [-0.1, -0.05) is 33.8 Å². The summed E-state index contributed by atoms with van der Waals surface area (Å²) in [6, 6.07) is 0. The summed E-state index contributed by atoms with van der Waals surface area (Å²) >= 11 is 0. The molecule has 4 rings (SSSR count). The van der Waals surface area contributed by atoms with E-state index in [0.29, 0.717) is 17.3 Å². The first-order valence-corrected chi connectivity index (χ1v) is 9.27. The van der Waals surface area contributed by atoms with Gasteiger partial charge in [-0.15, -0.1) is 0 Å². The third kappa shape index (κ3) is 1.64. The zero-order valence-corrected chi connectivity index (χ0v) is 14.4. The highest BCUT2D eigenvalue weighted by atomic mass is 16.3. The highest BCUT2D eigenvalue weighted by Gasteiger charge is 2.68. The van der Waals surface area contributed by atoms with Crippen molar-refractivity contribution >= 4 is 0 Å². The quantitative estimate of drug-likeness (QED) is 0.666. The van der Waals surface area contributed by atoms with Crippen molar-refractivity contribution in [3.63, 3.8) is 0 Å². The van der Waals surface area contributed by atoms with Crippen molar-refractivity contribution in [2.24, 2.45) is 34.0 Å². The van der Waals surface area contributed by atoms with Crippen LogP contribution in [0.25, 0.3) is 0 Å². The van der Waals surface area contributed by atoms with E-state index in [9.17, 15) is 10.2 Å². The second-order valence-electron chi connectivity index (χ2n) is 9.83. The lowest BCUT2D eigenvalue weighted by Gasteiger charge is -2.65.